The lowest BCUT2D eigenvalue weighted by atomic mass is 10.0. The number of rotatable bonds is 7. The summed E-state index contributed by atoms with van der Waals surface area (Å²) in [6.45, 7) is 3.82. The largest absolute Gasteiger partial charge is 0.493 e. The Labute approximate surface area is 170 Å². The molecule has 1 saturated heterocycles. The standard InChI is InChI=1S/C21H25ClN2O4/c1-26-19-13-16(12-17(22)20(19)27-2)21(25)23-18(15-6-4-3-5-7-15)14-24-8-10-28-11-9-24/h3-7,12-13,18H,8-11,14H2,1-2H3,(H,23,25)/t18-/m1/s1. The Morgan fingerprint density at radius 1 is 1.18 bits per heavy atom. The number of methoxy groups -OCH3 is 2. The highest BCUT2D eigenvalue weighted by Crippen LogP contribution is 2.36. The van der Waals surface area contributed by atoms with E-state index in [0.717, 1.165) is 18.7 Å². The molecule has 0 radical (unpaired) electrons. The molecule has 7 heteroatoms. The number of benzene rings is 2. The Morgan fingerprint density at radius 2 is 1.89 bits per heavy atom. The maximum atomic E-state index is 13.0. The molecule has 1 heterocycles. The predicted octanol–water partition coefficient (Wildman–Crippen LogP) is 3.16. The lowest BCUT2D eigenvalue weighted by molar-refractivity contribution is 0.0332. The fraction of sp³-hybridized carbons (Fsp3) is 0.381. The molecule has 0 bridgehead atoms. The maximum Gasteiger partial charge on any atom is 0.252 e. The first kappa shape index (κ1) is 20.5. The van der Waals surface area contributed by atoms with Gasteiger partial charge in [0.15, 0.2) is 11.5 Å². The van der Waals surface area contributed by atoms with Crippen LogP contribution in [0, 0.1) is 0 Å². The first-order valence-electron chi connectivity index (χ1n) is 9.19. The van der Waals surface area contributed by atoms with E-state index >= 15 is 0 Å². The van der Waals surface area contributed by atoms with Gasteiger partial charge >= 0.3 is 0 Å². The van der Waals surface area contributed by atoms with Crippen molar-refractivity contribution in [1.82, 2.24) is 10.2 Å². The van der Waals surface area contributed by atoms with Crippen LogP contribution in [0.5, 0.6) is 11.5 Å². The molecule has 2 aromatic carbocycles. The fourth-order valence-corrected chi connectivity index (χ4v) is 3.54. The quantitative estimate of drug-likeness (QED) is 0.768. The highest BCUT2D eigenvalue weighted by atomic mass is 35.5. The molecular formula is C21H25ClN2O4. The molecule has 0 aromatic heterocycles. The van der Waals surface area contributed by atoms with Crippen LogP contribution in [-0.4, -0.2) is 57.9 Å². The molecule has 0 unspecified atom stereocenters. The zero-order chi connectivity index (χ0) is 19.9. The summed E-state index contributed by atoms with van der Waals surface area (Å²) in [5.74, 6) is 0.614. The Morgan fingerprint density at radius 3 is 2.54 bits per heavy atom. The predicted molar refractivity (Wildman–Crippen MR) is 108 cm³/mol. The van der Waals surface area contributed by atoms with Crippen molar-refractivity contribution < 1.29 is 19.0 Å². The van der Waals surface area contributed by atoms with Crippen LogP contribution in [0.1, 0.15) is 22.0 Å². The highest BCUT2D eigenvalue weighted by Gasteiger charge is 2.22. The van der Waals surface area contributed by atoms with Crippen LogP contribution in [0.2, 0.25) is 5.02 Å². The van der Waals surface area contributed by atoms with E-state index < -0.39 is 0 Å². The van der Waals surface area contributed by atoms with Crippen LogP contribution in [0.15, 0.2) is 42.5 Å². The zero-order valence-electron chi connectivity index (χ0n) is 16.1. The lowest BCUT2D eigenvalue weighted by Gasteiger charge is -2.31. The van der Waals surface area contributed by atoms with Gasteiger partial charge in [-0.3, -0.25) is 9.69 Å². The first-order chi connectivity index (χ1) is 13.6. The third-order valence-electron chi connectivity index (χ3n) is 4.75. The van der Waals surface area contributed by atoms with Crippen molar-refractivity contribution in [3.8, 4) is 11.5 Å². The molecular weight excluding hydrogens is 380 g/mol. The summed E-state index contributed by atoms with van der Waals surface area (Å²) in [5.41, 5.74) is 1.47. The van der Waals surface area contributed by atoms with Crippen LogP contribution in [0.4, 0.5) is 0 Å². The number of hydrogen-bond donors (Lipinski definition) is 1. The zero-order valence-corrected chi connectivity index (χ0v) is 16.9. The Balaban J connectivity index is 1.81. The minimum atomic E-state index is -0.218. The Kier molecular flexibility index (Phi) is 7.14. The maximum absolute atomic E-state index is 13.0. The average molecular weight is 405 g/mol. The van der Waals surface area contributed by atoms with Crippen molar-refractivity contribution in [3.05, 3.63) is 58.6 Å². The molecule has 0 spiro atoms. The van der Waals surface area contributed by atoms with Crippen LogP contribution in [-0.2, 0) is 4.74 Å². The first-order valence-corrected chi connectivity index (χ1v) is 9.57. The monoisotopic (exact) mass is 404 g/mol. The highest BCUT2D eigenvalue weighted by molar-refractivity contribution is 6.32. The molecule has 150 valence electrons. The van der Waals surface area contributed by atoms with Gasteiger partial charge in [0.25, 0.3) is 5.91 Å². The van der Waals surface area contributed by atoms with E-state index in [4.69, 9.17) is 25.8 Å². The number of amides is 1. The number of carbonyl (C=O) groups excluding carboxylic acids is 1. The number of hydrogen-bond acceptors (Lipinski definition) is 5. The van der Waals surface area contributed by atoms with Crippen molar-refractivity contribution >= 4 is 17.5 Å². The summed E-state index contributed by atoms with van der Waals surface area (Å²) in [7, 11) is 3.03. The van der Waals surface area contributed by atoms with E-state index in [9.17, 15) is 4.79 Å². The third-order valence-corrected chi connectivity index (χ3v) is 5.03. The van der Waals surface area contributed by atoms with Gasteiger partial charge < -0.3 is 19.5 Å². The number of morpholine rings is 1. The van der Waals surface area contributed by atoms with Gasteiger partial charge in [0.05, 0.1) is 38.5 Å². The second-order valence-electron chi connectivity index (χ2n) is 6.54. The molecule has 1 amide bonds. The Hall–Kier alpha value is -2.28. The summed E-state index contributed by atoms with van der Waals surface area (Å²) in [6.07, 6.45) is 0. The average Bonchev–Trinajstić information content (AvgIpc) is 2.74. The van der Waals surface area contributed by atoms with E-state index in [1.807, 2.05) is 30.3 Å². The van der Waals surface area contributed by atoms with Gasteiger partial charge in [-0.1, -0.05) is 41.9 Å². The Bertz CT molecular complexity index is 794. The van der Waals surface area contributed by atoms with Crippen LogP contribution in [0.3, 0.4) is 0 Å². The molecule has 2 aromatic rings. The normalized spacial score (nSPS) is 15.7. The summed E-state index contributed by atoms with van der Waals surface area (Å²) in [4.78, 5) is 15.3. The number of carbonyl (C=O) groups is 1. The number of ether oxygens (including phenoxy) is 3. The molecule has 0 saturated carbocycles. The van der Waals surface area contributed by atoms with Crippen LogP contribution < -0.4 is 14.8 Å². The van der Waals surface area contributed by atoms with E-state index in [-0.39, 0.29) is 11.9 Å². The molecule has 1 aliphatic heterocycles. The van der Waals surface area contributed by atoms with E-state index in [1.54, 1.807) is 12.1 Å². The molecule has 1 aliphatic rings. The van der Waals surface area contributed by atoms with Gasteiger partial charge in [0.2, 0.25) is 0 Å². The summed E-state index contributed by atoms with van der Waals surface area (Å²) in [6, 6.07) is 13.0. The molecule has 1 N–H and O–H groups in total. The number of halogens is 1. The molecule has 28 heavy (non-hydrogen) atoms. The van der Waals surface area contributed by atoms with Gasteiger partial charge in [-0.2, -0.15) is 0 Å². The van der Waals surface area contributed by atoms with Crippen molar-refractivity contribution in [2.75, 3.05) is 47.1 Å². The van der Waals surface area contributed by atoms with E-state index in [0.29, 0.717) is 41.8 Å². The summed E-state index contributed by atoms with van der Waals surface area (Å²) >= 11 is 6.26. The molecule has 1 atom stereocenters. The van der Waals surface area contributed by atoms with E-state index in [2.05, 4.69) is 10.2 Å². The van der Waals surface area contributed by atoms with Gasteiger partial charge in [0, 0.05) is 25.2 Å². The van der Waals surface area contributed by atoms with Gasteiger partial charge in [-0.25, -0.2) is 0 Å². The van der Waals surface area contributed by atoms with E-state index in [1.165, 1.54) is 14.2 Å². The van der Waals surface area contributed by atoms with Crippen molar-refractivity contribution in [2.45, 2.75) is 6.04 Å². The molecule has 1 fully saturated rings. The van der Waals surface area contributed by atoms with Gasteiger partial charge in [-0.05, 0) is 17.7 Å². The van der Waals surface area contributed by atoms with Gasteiger partial charge in [0.1, 0.15) is 0 Å². The smallest absolute Gasteiger partial charge is 0.252 e. The molecule has 6 nitrogen and oxygen atoms in total. The van der Waals surface area contributed by atoms with Gasteiger partial charge in [-0.15, -0.1) is 0 Å². The second-order valence-corrected chi connectivity index (χ2v) is 6.95. The SMILES string of the molecule is COc1cc(C(=O)N[C@H](CN2CCOCC2)c2ccccc2)cc(Cl)c1OC. The minimum Gasteiger partial charge on any atom is -0.493 e. The topological polar surface area (TPSA) is 60.0 Å². The summed E-state index contributed by atoms with van der Waals surface area (Å²) in [5, 5.41) is 3.47. The second kappa shape index (κ2) is 9.78. The third kappa shape index (κ3) is 4.95. The summed E-state index contributed by atoms with van der Waals surface area (Å²) < 4.78 is 16.0. The minimum absolute atomic E-state index is 0.154. The van der Waals surface area contributed by atoms with Crippen LogP contribution >= 0.6 is 11.6 Å². The number of nitrogens with one attached hydrogen (secondary N) is 1. The van der Waals surface area contributed by atoms with Crippen LogP contribution in [0.25, 0.3) is 0 Å². The van der Waals surface area contributed by atoms with Crippen molar-refractivity contribution in [3.63, 3.8) is 0 Å². The van der Waals surface area contributed by atoms with Crippen molar-refractivity contribution in [1.29, 1.82) is 0 Å². The lowest BCUT2D eigenvalue weighted by Crippen LogP contribution is -2.43. The van der Waals surface area contributed by atoms with Crippen molar-refractivity contribution in [2.24, 2.45) is 0 Å². The molecule has 0 aliphatic carbocycles. The molecule has 3 rings (SSSR count). The fourth-order valence-electron chi connectivity index (χ4n) is 3.25. The number of nitrogens with zero attached hydrogens (tertiary/aromatic N) is 1.